The van der Waals surface area contributed by atoms with Gasteiger partial charge in [0.15, 0.2) is 0 Å². The van der Waals surface area contributed by atoms with Crippen LogP contribution in [0.5, 0.6) is 0 Å². The van der Waals surface area contributed by atoms with Crippen LogP contribution in [0.2, 0.25) is 0 Å². The third-order valence-electron chi connectivity index (χ3n) is 8.36. The number of cyclic esters (lactones) is 1. The Labute approximate surface area is 219 Å². The van der Waals surface area contributed by atoms with E-state index in [0.717, 1.165) is 64.2 Å². The van der Waals surface area contributed by atoms with E-state index < -0.39 is 17.3 Å². The fourth-order valence-corrected chi connectivity index (χ4v) is 5.84. The van der Waals surface area contributed by atoms with Crippen LogP contribution >= 0.6 is 0 Å². The highest BCUT2D eigenvalue weighted by Crippen LogP contribution is 2.39. The first-order valence-corrected chi connectivity index (χ1v) is 15.2. The number of esters is 2. The maximum atomic E-state index is 13.3. The molecule has 1 amide bonds. The second-order valence-corrected chi connectivity index (χ2v) is 11.3. The number of hydrogen-bond acceptors (Lipinski definition) is 5. The lowest BCUT2D eigenvalue weighted by molar-refractivity contribution is -0.191. The van der Waals surface area contributed by atoms with E-state index in [-0.39, 0.29) is 24.1 Å². The van der Waals surface area contributed by atoms with Crippen molar-refractivity contribution in [3.8, 4) is 0 Å². The number of nitrogens with two attached hydrogens (primary N) is 1. The minimum Gasteiger partial charge on any atom is -0.461 e. The normalized spacial score (nSPS) is 21.9. The summed E-state index contributed by atoms with van der Waals surface area (Å²) in [6.07, 6.45) is 20.7. The Hall–Kier alpha value is -1.59. The molecule has 0 aromatic heterocycles. The zero-order valence-corrected chi connectivity index (χ0v) is 23.2. The van der Waals surface area contributed by atoms with E-state index >= 15 is 0 Å². The molecule has 0 unspecified atom stereocenters. The van der Waals surface area contributed by atoms with Gasteiger partial charge in [0.05, 0.1) is 5.92 Å². The topological polar surface area (TPSA) is 95.7 Å². The second kappa shape index (κ2) is 17.0. The molecule has 6 heteroatoms. The number of carbonyl (C=O) groups excluding carboxylic acids is 3. The Kier molecular flexibility index (Phi) is 14.5. The summed E-state index contributed by atoms with van der Waals surface area (Å²) in [5, 5.41) is 0. The van der Waals surface area contributed by atoms with Crippen molar-refractivity contribution in [2.75, 3.05) is 0 Å². The smallest absolute Gasteiger partial charge is 0.321 e. The van der Waals surface area contributed by atoms with Crippen LogP contribution in [0.1, 0.15) is 149 Å². The minimum atomic E-state index is -1.19. The van der Waals surface area contributed by atoms with E-state index in [4.69, 9.17) is 15.2 Å². The zero-order valence-electron chi connectivity index (χ0n) is 23.2. The Bertz CT molecular complexity index is 658. The van der Waals surface area contributed by atoms with Gasteiger partial charge >= 0.3 is 11.9 Å². The molecule has 2 aliphatic rings. The van der Waals surface area contributed by atoms with Gasteiger partial charge in [0, 0.05) is 6.42 Å². The summed E-state index contributed by atoms with van der Waals surface area (Å²) in [6.45, 7) is 4.42. The van der Waals surface area contributed by atoms with Crippen molar-refractivity contribution in [2.45, 2.75) is 161 Å². The average Bonchev–Trinajstić information content (AvgIpc) is 2.87. The maximum absolute atomic E-state index is 13.3. The molecule has 0 bridgehead atoms. The van der Waals surface area contributed by atoms with Gasteiger partial charge in [-0.25, -0.2) is 0 Å². The molecule has 2 N–H and O–H groups in total. The lowest BCUT2D eigenvalue weighted by atomic mass is 9.73. The molecule has 0 radical (unpaired) electrons. The van der Waals surface area contributed by atoms with Crippen LogP contribution in [0.3, 0.4) is 0 Å². The highest BCUT2D eigenvalue weighted by atomic mass is 16.6. The SMILES string of the molecule is CCCCCCCCCCC[C@@H](C[C@@H]1OC(=O)[C@H]1CCCCCC)OC(=O)C1(C(N)=O)CCCCC1. The van der Waals surface area contributed by atoms with Gasteiger partial charge in [-0.05, 0) is 32.1 Å². The van der Waals surface area contributed by atoms with Crippen molar-refractivity contribution in [3.63, 3.8) is 0 Å². The van der Waals surface area contributed by atoms with E-state index in [2.05, 4.69) is 13.8 Å². The van der Waals surface area contributed by atoms with Crippen molar-refractivity contribution >= 4 is 17.8 Å². The molecule has 0 spiro atoms. The molecule has 1 aliphatic carbocycles. The molecule has 6 nitrogen and oxygen atoms in total. The van der Waals surface area contributed by atoms with E-state index in [9.17, 15) is 14.4 Å². The number of primary amides is 1. The van der Waals surface area contributed by atoms with E-state index in [0.29, 0.717) is 19.3 Å². The van der Waals surface area contributed by atoms with Crippen LogP contribution in [-0.2, 0) is 23.9 Å². The van der Waals surface area contributed by atoms with Gasteiger partial charge in [0.25, 0.3) is 0 Å². The Balaban J connectivity index is 1.89. The van der Waals surface area contributed by atoms with Crippen molar-refractivity contribution in [2.24, 2.45) is 17.1 Å². The first kappa shape index (κ1) is 30.6. The van der Waals surface area contributed by atoms with Gasteiger partial charge in [-0.2, -0.15) is 0 Å². The van der Waals surface area contributed by atoms with Crippen LogP contribution in [0, 0.1) is 11.3 Å². The molecule has 1 aliphatic heterocycles. The van der Waals surface area contributed by atoms with Gasteiger partial charge in [-0.1, -0.05) is 110 Å². The summed E-state index contributed by atoms with van der Waals surface area (Å²) < 4.78 is 11.5. The molecule has 2 fully saturated rings. The number of rotatable bonds is 20. The summed E-state index contributed by atoms with van der Waals surface area (Å²) in [4.78, 5) is 37.7. The van der Waals surface area contributed by atoms with Crippen LogP contribution in [0.25, 0.3) is 0 Å². The predicted molar refractivity (Wildman–Crippen MR) is 143 cm³/mol. The fourth-order valence-electron chi connectivity index (χ4n) is 5.84. The number of hydrogen-bond donors (Lipinski definition) is 1. The zero-order chi connectivity index (χ0) is 26.2. The first-order valence-electron chi connectivity index (χ1n) is 15.2. The number of amides is 1. The largest absolute Gasteiger partial charge is 0.461 e. The molecule has 36 heavy (non-hydrogen) atoms. The summed E-state index contributed by atoms with van der Waals surface area (Å²) in [5.74, 6) is -1.23. The summed E-state index contributed by atoms with van der Waals surface area (Å²) in [5.41, 5.74) is 4.54. The molecule has 208 valence electrons. The van der Waals surface area contributed by atoms with Crippen molar-refractivity contribution < 1.29 is 23.9 Å². The second-order valence-electron chi connectivity index (χ2n) is 11.3. The van der Waals surface area contributed by atoms with Gasteiger partial charge in [0.1, 0.15) is 17.6 Å². The molecule has 1 saturated carbocycles. The Morgan fingerprint density at radius 3 is 2.00 bits per heavy atom. The molecule has 0 aromatic carbocycles. The highest BCUT2D eigenvalue weighted by Gasteiger charge is 2.48. The minimum absolute atomic E-state index is 0.0917. The van der Waals surface area contributed by atoms with Crippen LogP contribution in [-0.4, -0.2) is 30.1 Å². The van der Waals surface area contributed by atoms with Crippen LogP contribution < -0.4 is 5.73 Å². The average molecular weight is 508 g/mol. The van der Waals surface area contributed by atoms with E-state index in [1.165, 1.54) is 51.4 Å². The van der Waals surface area contributed by atoms with Gasteiger partial charge in [-0.3, -0.25) is 14.4 Å². The molecule has 0 aromatic rings. The molecule has 3 atom stereocenters. The summed E-state index contributed by atoms with van der Waals surface area (Å²) in [7, 11) is 0. The summed E-state index contributed by atoms with van der Waals surface area (Å²) >= 11 is 0. The van der Waals surface area contributed by atoms with Crippen molar-refractivity contribution in [3.05, 3.63) is 0 Å². The van der Waals surface area contributed by atoms with Crippen molar-refractivity contribution in [1.82, 2.24) is 0 Å². The fraction of sp³-hybridized carbons (Fsp3) is 0.900. The monoisotopic (exact) mass is 507 g/mol. The predicted octanol–water partition coefficient (Wildman–Crippen LogP) is 7.16. The van der Waals surface area contributed by atoms with Crippen LogP contribution in [0.4, 0.5) is 0 Å². The number of ether oxygens (including phenoxy) is 2. The molecule has 2 rings (SSSR count). The molecule has 1 heterocycles. The van der Waals surface area contributed by atoms with Gasteiger partial charge in [-0.15, -0.1) is 0 Å². The lowest BCUT2D eigenvalue weighted by Crippen LogP contribution is -2.49. The van der Waals surface area contributed by atoms with Gasteiger partial charge in [0.2, 0.25) is 5.91 Å². The number of carbonyl (C=O) groups is 3. The first-order chi connectivity index (χ1) is 17.4. The van der Waals surface area contributed by atoms with E-state index in [1.807, 2.05) is 0 Å². The third-order valence-corrected chi connectivity index (χ3v) is 8.36. The quantitative estimate of drug-likeness (QED) is 0.107. The van der Waals surface area contributed by atoms with Crippen molar-refractivity contribution in [1.29, 1.82) is 0 Å². The Morgan fingerprint density at radius 1 is 0.889 bits per heavy atom. The molecular weight excluding hydrogens is 454 g/mol. The van der Waals surface area contributed by atoms with Gasteiger partial charge < -0.3 is 15.2 Å². The molecule has 1 saturated heterocycles. The van der Waals surface area contributed by atoms with Crippen LogP contribution in [0.15, 0.2) is 0 Å². The van der Waals surface area contributed by atoms with E-state index in [1.54, 1.807) is 0 Å². The maximum Gasteiger partial charge on any atom is 0.321 e. The molecular formula is C30H53NO5. The Morgan fingerprint density at radius 2 is 1.44 bits per heavy atom. The highest BCUT2D eigenvalue weighted by molar-refractivity contribution is 6.02. The lowest BCUT2D eigenvalue weighted by Gasteiger charge is -2.38. The third kappa shape index (κ3) is 9.70. The standard InChI is InChI=1S/C30H53NO5/c1-3-5-7-9-10-11-12-13-15-19-24(23-26-25(27(32)36-26)20-16-8-6-4-2)35-29(34)30(28(31)33)21-17-14-18-22-30/h24-26H,3-23H2,1-2H3,(H2,31,33)/t24-,25-,26-/m0/s1. The number of unbranched alkanes of at least 4 members (excludes halogenated alkanes) is 11. The summed E-state index contributed by atoms with van der Waals surface area (Å²) in [6, 6.07) is 0.